The predicted octanol–water partition coefficient (Wildman–Crippen LogP) is 2.24. The Labute approximate surface area is 58.1 Å². The second-order valence-electron chi connectivity index (χ2n) is 1.38. The molecule has 0 atom stereocenters. The minimum absolute atomic E-state index is 0.678. The van der Waals surface area contributed by atoms with Crippen LogP contribution in [-0.2, 0) is 0 Å². The van der Waals surface area contributed by atoms with Crippen molar-refractivity contribution in [3.8, 4) is 6.07 Å². The van der Waals surface area contributed by atoms with Gasteiger partial charge in [0.2, 0.25) is 0 Å². The van der Waals surface area contributed by atoms with Crippen LogP contribution < -0.4 is 0 Å². The Hall–Kier alpha value is -0.290. The summed E-state index contributed by atoms with van der Waals surface area (Å²) in [6.07, 6.45) is 2.85. The molecule has 0 aromatic heterocycles. The van der Waals surface area contributed by atoms with Gasteiger partial charge in [-0.1, -0.05) is 28.9 Å². The molecule has 0 aliphatic rings. The monoisotopic (exact) mass is 173 g/mol. The van der Waals surface area contributed by atoms with Gasteiger partial charge in [-0.15, -0.1) is 0 Å². The first kappa shape index (κ1) is 7.71. The molecule has 0 radical (unpaired) electrons. The Morgan fingerprint density at radius 1 is 1.88 bits per heavy atom. The average molecular weight is 174 g/mol. The lowest BCUT2D eigenvalue weighted by molar-refractivity contribution is 1.20. The highest BCUT2D eigenvalue weighted by atomic mass is 79.9. The lowest BCUT2D eigenvalue weighted by Crippen LogP contribution is -1.76. The van der Waals surface area contributed by atoms with Gasteiger partial charge in [-0.25, -0.2) is 0 Å². The summed E-state index contributed by atoms with van der Waals surface area (Å²) in [5, 5.41) is 8.99. The van der Waals surface area contributed by atoms with Crippen molar-refractivity contribution in [1.29, 1.82) is 5.26 Å². The molecule has 0 aliphatic carbocycles. The highest BCUT2D eigenvalue weighted by molar-refractivity contribution is 9.09. The second kappa shape index (κ2) is 4.86. The van der Waals surface area contributed by atoms with E-state index < -0.39 is 0 Å². The maximum atomic E-state index is 8.31. The van der Waals surface area contributed by atoms with E-state index in [9.17, 15) is 0 Å². The Kier molecular flexibility index (Phi) is 4.68. The molecule has 0 aromatic carbocycles. The second-order valence-corrected chi connectivity index (χ2v) is 1.94. The van der Waals surface area contributed by atoms with Gasteiger partial charge < -0.3 is 0 Å². The van der Waals surface area contributed by atoms with Gasteiger partial charge >= 0.3 is 0 Å². The highest BCUT2D eigenvalue weighted by Crippen LogP contribution is 1.98. The molecular weight excluding hydrogens is 166 g/mol. The molecule has 0 aliphatic heterocycles. The fourth-order valence-electron chi connectivity index (χ4n) is 0.376. The van der Waals surface area contributed by atoms with Crippen molar-refractivity contribution in [1.82, 2.24) is 0 Å². The Bertz CT molecular complexity index is 121. The summed E-state index contributed by atoms with van der Waals surface area (Å²) in [4.78, 5) is 0. The first-order chi connectivity index (χ1) is 3.85. The third-order valence-electron chi connectivity index (χ3n) is 0.738. The van der Waals surface area contributed by atoms with Crippen LogP contribution >= 0.6 is 15.9 Å². The molecular formula is C6H8BrN. The van der Waals surface area contributed by atoms with Crippen LogP contribution in [0.2, 0.25) is 0 Å². The lowest BCUT2D eigenvalue weighted by Gasteiger charge is -1.83. The molecule has 0 aromatic rings. The summed E-state index contributed by atoms with van der Waals surface area (Å²) in [7, 11) is 0. The van der Waals surface area contributed by atoms with Crippen molar-refractivity contribution < 1.29 is 0 Å². The minimum Gasteiger partial charge on any atom is -0.193 e. The van der Waals surface area contributed by atoms with Crippen LogP contribution in [0.15, 0.2) is 11.6 Å². The maximum Gasteiger partial charge on any atom is 0.0952 e. The minimum atomic E-state index is 0.678. The molecule has 0 N–H and O–H groups in total. The molecule has 0 spiro atoms. The standard InChI is InChI=1S/C6H8BrN/c1-2-3-6(4-7)5-8/h3H,2,4H2,1H3/b6-3+. The van der Waals surface area contributed by atoms with E-state index in [1.54, 1.807) is 0 Å². The van der Waals surface area contributed by atoms with E-state index >= 15 is 0 Å². The van der Waals surface area contributed by atoms with Crippen molar-refractivity contribution in [3.05, 3.63) is 11.6 Å². The van der Waals surface area contributed by atoms with Crippen molar-refractivity contribution in [3.63, 3.8) is 0 Å². The first-order valence-corrected chi connectivity index (χ1v) is 3.62. The molecule has 44 valence electrons. The molecule has 2 heteroatoms. The maximum absolute atomic E-state index is 8.31. The van der Waals surface area contributed by atoms with Gasteiger partial charge in [-0.05, 0) is 6.42 Å². The normalized spacial score (nSPS) is 10.9. The summed E-state index contributed by atoms with van der Waals surface area (Å²) in [5.74, 6) is 0. The summed E-state index contributed by atoms with van der Waals surface area (Å²) in [6.45, 7) is 2.01. The molecule has 0 saturated heterocycles. The van der Waals surface area contributed by atoms with Crippen molar-refractivity contribution >= 4 is 15.9 Å². The van der Waals surface area contributed by atoms with E-state index in [1.165, 1.54) is 0 Å². The number of rotatable bonds is 2. The Morgan fingerprint density at radius 2 is 2.50 bits per heavy atom. The number of nitriles is 1. The molecule has 8 heavy (non-hydrogen) atoms. The van der Waals surface area contributed by atoms with Gasteiger partial charge in [0, 0.05) is 10.9 Å². The molecule has 0 saturated carbocycles. The zero-order chi connectivity index (χ0) is 6.41. The van der Waals surface area contributed by atoms with E-state index in [4.69, 9.17) is 5.26 Å². The molecule has 0 bridgehead atoms. The van der Waals surface area contributed by atoms with Gasteiger partial charge in [0.05, 0.1) is 6.07 Å². The number of allylic oxidation sites excluding steroid dienone is 2. The number of alkyl halides is 1. The summed E-state index contributed by atoms with van der Waals surface area (Å²) < 4.78 is 0. The van der Waals surface area contributed by atoms with E-state index in [0.717, 1.165) is 12.0 Å². The molecule has 1 nitrogen and oxygen atoms in total. The number of nitrogens with zero attached hydrogens (tertiary/aromatic N) is 1. The van der Waals surface area contributed by atoms with Gasteiger partial charge in [0.25, 0.3) is 0 Å². The molecule has 0 unspecified atom stereocenters. The first-order valence-electron chi connectivity index (χ1n) is 2.50. The van der Waals surface area contributed by atoms with Crippen molar-refractivity contribution in [2.24, 2.45) is 0 Å². The third-order valence-corrected chi connectivity index (χ3v) is 1.34. The Balaban J connectivity index is 3.72. The third kappa shape index (κ3) is 2.81. The topological polar surface area (TPSA) is 23.8 Å². The van der Waals surface area contributed by atoms with Crippen LogP contribution in [0.1, 0.15) is 13.3 Å². The van der Waals surface area contributed by atoms with Crippen LogP contribution in [0.25, 0.3) is 0 Å². The summed E-state index contributed by atoms with van der Waals surface area (Å²) >= 11 is 3.19. The van der Waals surface area contributed by atoms with E-state index in [2.05, 4.69) is 22.0 Å². The van der Waals surface area contributed by atoms with E-state index in [0.29, 0.717) is 5.33 Å². The molecule has 0 rings (SSSR count). The van der Waals surface area contributed by atoms with Crippen LogP contribution in [0.4, 0.5) is 0 Å². The predicted molar refractivity (Wildman–Crippen MR) is 37.8 cm³/mol. The smallest absolute Gasteiger partial charge is 0.0952 e. The Morgan fingerprint density at radius 3 is 2.62 bits per heavy atom. The van der Waals surface area contributed by atoms with E-state index in [1.807, 2.05) is 13.0 Å². The van der Waals surface area contributed by atoms with Crippen LogP contribution in [-0.4, -0.2) is 5.33 Å². The van der Waals surface area contributed by atoms with Crippen molar-refractivity contribution in [2.75, 3.05) is 5.33 Å². The highest BCUT2D eigenvalue weighted by Gasteiger charge is 1.86. The molecule has 0 amide bonds. The zero-order valence-electron chi connectivity index (χ0n) is 4.82. The molecule has 0 fully saturated rings. The lowest BCUT2D eigenvalue weighted by atomic mass is 10.3. The van der Waals surface area contributed by atoms with Gasteiger partial charge in [0.15, 0.2) is 0 Å². The quantitative estimate of drug-likeness (QED) is 0.465. The zero-order valence-corrected chi connectivity index (χ0v) is 6.40. The number of hydrogen-bond donors (Lipinski definition) is 0. The largest absolute Gasteiger partial charge is 0.193 e. The number of hydrogen-bond acceptors (Lipinski definition) is 1. The SMILES string of the molecule is CC/C=C(/C#N)CBr. The summed E-state index contributed by atoms with van der Waals surface area (Å²) in [5.41, 5.74) is 0.813. The van der Waals surface area contributed by atoms with Gasteiger partial charge in [-0.3, -0.25) is 0 Å². The van der Waals surface area contributed by atoms with Gasteiger partial charge in [-0.2, -0.15) is 5.26 Å². The van der Waals surface area contributed by atoms with Crippen molar-refractivity contribution in [2.45, 2.75) is 13.3 Å². The van der Waals surface area contributed by atoms with Crippen LogP contribution in [0, 0.1) is 11.3 Å². The van der Waals surface area contributed by atoms with Crippen LogP contribution in [0.5, 0.6) is 0 Å². The fourth-order valence-corrected chi connectivity index (χ4v) is 0.731. The van der Waals surface area contributed by atoms with Gasteiger partial charge in [0.1, 0.15) is 0 Å². The van der Waals surface area contributed by atoms with Crippen LogP contribution in [0.3, 0.4) is 0 Å². The number of halogens is 1. The van der Waals surface area contributed by atoms with E-state index in [-0.39, 0.29) is 0 Å². The fraction of sp³-hybridized carbons (Fsp3) is 0.500. The summed E-state index contributed by atoms with van der Waals surface area (Å²) in [6, 6.07) is 2.07. The molecule has 0 heterocycles. The average Bonchev–Trinajstić information content (AvgIpc) is 1.83.